The fraction of sp³-hybridized carbons (Fsp3) is 0.371. The Labute approximate surface area is 269 Å². The number of pyridine rings is 1. The molecule has 1 saturated heterocycles. The van der Waals surface area contributed by atoms with E-state index in [2.05, 4.69) is 31.7 Å². The molecule has 1 aliphatic carbocycles. The van der Waals surface area contributed by atoms with Crippen molar-refractivity contribution in [2.45, 2.75) is 6.92 Å². The molecular weight excluding hydrogens is 582 g/mol. The Balaban J connectivity index is 1.23. The molecule has 1 aromatic carbocycles. The number of carbonyl (C=O) groups excluding carboxylic acids is 1. The van der Waals surface area contributed by atoms with Crippen LogP contribution in [-0.4, -0.2) is 89.3 Å². The number of aromatic nitrogens is 4. The molecular formula is C35H39N7O4. The van der Waals surface area contributed by atoms with Crippen molar-refractivity contribution in [1.82, 2.24) is 29.3 Å². The van der Waals surface area contributed by atoms with Gasteiger partial charge < -0.3 is 34.3 Å². The van der Waals surface area contributed by atoms with Gasteiger partial charge in [0.2, 0.25) is 11.8 Å². The summed E-state index contributed by atoms with van der Waals surface area (Å²) >= 11 is 0. The quantitative estimate of drug-likeness (QED) is 0.208. The van der Waals surface area contributed by atoms with E-state index >= 15 is 0 Å². The number of rotatable bonds is 10. The molecule has 4 heterocycles. The Morgan fingerprint density at radius 1 is 1.17 bits per heavy atom. The number of nitrogens with zero attached hydrogens (tertiary/aromatic N) is 6. The summed E-state index contributed by atoms with van der Waals surface area (Å²) in [5.74, 6) is 10.1. The highest BCUT2D eigenvalue weighted by Gasteiger charge is 2.55. The molecule has 3 atom stereocenters. The van der Waals surface area contributed by atoms with Gasteiger partial charge in [0.1, 0.15) is 35.0 Å². The van der Waals surface area contributed by atoms with E-state index in [0.717, 1.165) is 42.1 Å². The van der Waals surface area contributed by atoms with Crippen LogP contribution in [-0.2, 0) is 16.6 Å². The number of benzene rings is 1. The fourth-order valence-corrected chi connectivity index (χ4v) is 6.17. The van der Waals surface area contributed by atoms with Crippen molar-refractivity contribution in [1.29, 1.82) is 0 Å². The standard InChI is InChI=1S/C35H39N7O4/c1-22-8-6-9-30(39-22)46-23-11-12-25(29(18-23)45-5)32-28(41(3)35-33(32)34(36)37-21-38-35)14-13-24-26-19-42(20-27(24)26)31(43)10-7-15-40(2)16-17-44-4/h6-12,18,21,24,26-27H,15-17,19-20H2,1-5H3,(H2,36,37,38)/b10-7+/t24?,26-,27+. The van der Waals surface area contributed by atoms with Crippen LogP contribution in [0.4, 0.5) is 5.82 Å². The highest BCUT2D eigenvalue weighted by atomic mass is 16.5. The number of piperidine rings is 1. The molecule has 46 heavy (non-hydrogen) atoms. The summed E-state index contributed by atoms with van der Waals surface area (Å²) in [6.45, 7) is 5.55. The minimum absolute atomic E-state index is 0.0572. The second kappa shape index (κ2) is 13.2. The zero-order valence-corrected chi connectivity index (χ0v) is 26.9. The summed E-state index contributed by atoms with van der Waals surface area (Å²) in [5, 5.41) is 0.717. The lowest BCUT2D eigenvalue weighted by Gasteiger charge is -2.17. The number of hydrogen-bond donors (Lipinski definition) is 1. The van der Waals surface area contributed by atoms with Crippen LogP contribution in [0.15, 0.2) is 54.9 Å². The maximum atomic E-state index is 12.8. The topological polar surface area (TPSA) is 121 Å². The third kappa shape index (κ3) is 6.27. The van der Waals surface area contributed by atoms with Gasteiger partial charge in [-0.2, -0.15) is 0 Å². The van der Waals surface area contributed by atoms with E-state index in [1.165, 1.54) is 6.33 Å². The summed E-state index contributed by atoms with van der Waals surface area (Å²) in [7, 11) is 7.25. The molecule has 0 bridgehead atoms. The number of anilines is 1. The van der Waals surface area contributed by atoms with E-state index in [1.54, 1.807) is 20.3 Å². The first-order chi connectivity index (χ1) is 22.3. The molecule has 2 aliphatic rings. The van der Waals surface area contributed by atoms with Gasteiger partial charge in [0.25, 0.3) is 0 Å². The van der Waals surface area contributed by atoms with E-state index in [0.29, 0.717) is 59.2 Å². The van der Waals surface area contributed by atoms with Gasteiger partial charge in [-0.15, -0.1) is 0 Å². The van der Waals surface area contributed by atoms with Gasteiger partial charge in [0.15, 0.2) is 0 Å². The Morgan fingerprint density at radius 3 is 2.72 bits per heavy atom. The molecule has 11 heteroatoms. The van der Waals surface area contributed by atoms with Gasteiger partial charge in [-0.1, -0.05) is 18.1 Å². The van der Waals surface area contributed by atoms with Crippen molar-refractivity contribution in [2.24, 2.45) is 24.8 Å². The van der Waals surface area contributed by atoms with Gasteiger partial charge in [0.05, 0.1) is 19.1 Å². The fourth-order valence-electron chi connectivity index (χ4n) is 6.17. The highest BCUT2D eigenvalue weighted by Crippen LogP contribution is 2.51. The van der Waals surface area contributed by atoms with Crippen molar-refractivity contribution < 1.29 is 19.0 Å². The minimum atomic E-state index is 0.0572. The number of hydrogen-bond acceptors (Lipinski definition) is 9. The predicted molar refractivity (Wildman–Crippen MR) is 176 cm³/mol. The molecule has 1 amide bonds. The van der Waals surface area contributed by atoms with Gasteiger partial charge in [-0.3, -0.25) is 4.79 Å². The first-order valence-electron chi connectivity index (χ1n) is 15.3. The van der Waals surface area contributed by atoms with Crippen molar-refractivity contribution in [2.75, 3.05) is 59.8 Å². The maximum absolute atomic E-state index is 12.8. The number of aryl methyl sites for hydroxylation is 2. The van der Waals surface area contributed by atoms with E-state index in [9.17, 15) is 4.79 Å². The third-order valence-electron chi connectivity index (χ3n) is 8.74. The number of nitrogens with two attached hydrogens (primary N) is 1. The van der Waals surface area contributed by atoms with Gasteiger partial charge in [-0.25, -0.2) is 15.0 Å². The summed E-state index contributed by atoms with van der Waals surface area (Å²) in [6, 6.07) is 11.3. The molecule has 3 aromatic heterocycles. The van der Waals surface area contributed by atoms with Crippen molar-refractivity contribution in [3.8, 4) is 40.3 Å². The molecule has 4 aromatic rings. The second-order valence-electron chi connectivity index (χ2n) is 11.8. The molecule has 6 rings (SSSR count). The monoisotopic (exact) mass is 621 g/mol. The average Bonchev–Trinajstić information content (AvgIpc) is 3.34. The van der Waals surface area contributed by atoms with E-state index < -0.39 is 0 Å². The smallest absolute Gasteiger partial charge is 0.246 e. The van der Waals surface area contributed by atoms with E-state index in [-0.39, 0.29) is 11.8 Å². The van der Waals surface area contributed by atoms with E-state index in [1.807, 2.05) is 73.0 Å². The lowest BCUT2D eigenvalue weighted by molar-refractivity contribution is -0.125. The molecule has 1 saturated carbocycles. The third-order valence-corrected chi connectivity index (χ3v) is 8.74. The van der Waals surface area contributed by atoms with Crippen molar-refractivity contribution >= 4 is 22.8 Å². The van der Waals surface area contributed by atoms with Gasteiger partial charge >= 0.3 is 0 Å². The summed E-state index contributed by atoms with van der Waals surface area (Å²) in [5.41, 5.74) is 10.4. The first kappa shape index (κ1) is 31.1. The number of amides is 1. The number of fused-ring (bicyclic) bond motifs is 2. The predicted octanol–water partition coefficient (Wildman–Crippen LogP) is 3.91. The average molecular weight is 622 g/mol. The zero-order chi connectivity index (χ0) is 32.4. The highest BCUT2D eigenvalue weighted by molar-refractivity contribution is 6.04. The normalized spacial score (nSPS) is 18.6. The number of carbonyl (C=O) groups is 1. The summed E-state index contributed by atoms with van der Waals surface area (Å²) < 4.78 is 19.0. The molecule has 1 unspecified atom stereocenters. The Hall–Kier alpha value is -4.92. The van der Waals surface area contributed by atoms with Crippen LogP contribution in [0.2, 0.25) is 0 Å². The molecule has 11 nitrogen and oxygen atoms in total. The molecule has 2 fully saturated rings. The first-order valence-corrected chi connectivity index (χ1v) is 15.3. The van der Waals surface area contributed by atoms with Crippen LogP contribution in [0.1, 0.15) is 11.4 Å². The van der Waals surface area contributed by atoms with Gasteiger partial charge in [-0.05, 0) is 49.9 Å². The van der Waals surface area contributed by atoms with Crippen LogP contribution in [0.25, 0.3) is 22.2 Å². The lowest BCUT2D eigenvalue weighted by atomic mass is 10.0. The zero-order valence-electron chi connectivity index (χ0n) is 26.9. The van der Waals surface area contributed by atoms with Crippen molar-refractivity contribution in [3.63, 3.8) is 0 Å². The van der Waals surface area contributed by atoms with Crippen LogP contribution < -0.4 is 15.2 Å². The number of methoxy groups -OCH3 is 2. The largest absolute Gasteiger partial charge is 0.496 e. The van der Waals surface area contributed by atoms with Crippen LogP contribution >= 0.6 is 0 Å². The summed E-state index contributed by atoms with van der Waals surface area (Å²) in [6.07, 6.45) is 5.07. The molecule has 2 N–H and O–H groups in total. The molecule has 238 valence electrons. The SMILES string of the molecule is COCCN(C)C/C=C/C(=O)N1C[C@@H]2C(C#Cc3c(-c4ccc(Oc5cccc(C)n5)cc4OC)c4c(N)ncnc4n3C)[C@@H]2C1. The molecule has 0 spiro atoms. The number of likely N-dealkylation sites (tertiary alicyclic amines) is 1. The van der Waals surface area contributed by atoms with Crippen molar-refractivity contribution in [3.05, 3.63) is 66.3 Å². The Bertz CT molecular complexity index is 1840. The Morgan fingerprint density at radius 2 is 1.98 bits per heavy atom. The van der Waals surface area contributed by atoms with Crippen LogP contribution in [0.3, 0.4) is 0 Å². The number of ether oxygens (including phenoxy) is 3. The van der Waals surface area contributed by atoms with Crippen LogP contribution in [0.5, 0.6) is 17.4 Å². The maximum Gasteiger partial charge on any atom is 0.246 e. The Kier molecular flexibility index (Phi) is 8.92. The number of likely N-dealkylation sites (N-methyl/N-ethyl adjacent to an activating group) is 1. The van der Waals surface area contributed by atoms with E-state index in [4.69, 9.17) is 19.9 Å². The molecule has 0 radical (unpaired) electrons. The summed E-state index contributed by atoms with van der Waals surface area (Å²) in [4.78, 5) is 30.1. The van der Waals surface area contributed by atoms with Gasteiger partial charge in [0, 0.05) is 81.3 Å². The lowest BCUT2D eigenvalue weighted by Crippen LogP contribution is -2.30. The van der Waals surface area contributed by atoms with Crippen LogP contribution in [0, 0.1) is 36.5 Å². The second-order valence-corrected chi connectivity index (χ2v) is 11.8. The minimum Gasteiger partial charge on any atom is -0.496 e. The molecule has 1 aliphatic heterocycles. The number of nitrogen functional groups attached to an aromatic ring is 1.